The van der Waals surface area contributed by atoms with Crippen molar-refractivity contribution in [3.8, 4) is 11.9 Å². The molecule has 1 aromatic rings. The number of halogens is 1. The van der Waals surface area contributed by atoms with E-state index in [0.29, 0.717) is 18.1 Å². The SMILES string of the molecule is CCOc1ncc(C#N)cc1I. The molecule has 0 atom stereocenters. The second-order valence-corrected chi connectivity index (χ2v) is 3.22. The Balaban J connectivity index is 2.97. The Kier molecular flexibility index (Phi) is 3.29. The van der Waals surface area contributed by atoms with Crippen molar-refractivity contribution in [3.63, 3.8) is 0 Å². The van der Waals surface area contributed by atoms with Crippen molar-refractivity contribution < 1.29 is 4.74 Å². The van der Waals surface area contributed by atoms with E-state index < -0.39 is 0 Å². The fourth-order valence-electron chi connectivity index (χ4n) is 0.729. The lowest BCUT2D eigenvalue weighted by Crippen LogP contribution is -1.96. The maximum absolute atomic E-state index is 8.55. The highest BCUT2D eigenvalue weighted by Crippen LogP contribution is 2.18. The van der Waals surface area contributed by atoms with Crippen LogP contribution < -0.4 is 4.74 Å². The summed E-state index contributed by atoms with van der Waals surface area (Å²) in [6, 6.07) is 3.76. The molecule has 0 unspecified atom stereocenters. The van der Waals surface area contributed by atoms with E-state index in [-0.39, 0.29) is 0 Å². The Morgan fingerprint density at radius 2 is 2.50 bits per heavy atom. The molecule has 1 heterocycles. The Bertz CT molecular complexity index is 319. The van der Waals surface area contributed by atoms with Gasteiger partial charge in [-0.3, -0.25) is 0 Å². The van der Waals surface area contributed by atoms with Crippen LogP contribution in [0.15, 0.2) is 12.3 Å². The summed E-state index contributed by atoms with van der Waals surface area (Å²) in [5, 5.41) is 8.55. The van der Waals surface area contributed by atoms with Crippen molar-refractivity contribution in [1.82, 2.24) is 4.98 Å². The molecule has 4 heteroatoms. The molecule has 0 saturated heterocycles. The topological polar surface area (TPSA) is 45.9 Å². The van der Waals surface area contributed by atoms with Gasteiger partial charge < -0.3 is 4.74 Å². The summed E-state index contributed by atoms with van der Waals surface area (Å²) in [6.45, 7) is 2.49. The Hall–Kier alpha value is -0.830. The summed E-state index contributed by atoms with van der Waals surface area (Å²) in [4.78, 5) is 3.99. The van der Waals surface area contributed by atoms with E-state index in [9.17, 15) is 0 Å². The lowest BCUT2D eigenvalue weighted by molar-refractivity contribution is 0.324. The summed E-state index contributed by atoms with van der Waals surface area (Å²) in [6.07, 6.45) is 1.51. The summed E-state index contributed by atoms with van der Waals surface area (Å²) in [5.74, 6) is 0.595. The normalized spacial score (nSPS) is 9.08. The predicted octanol–water partition coefficient (Wildman–Crippen LogP) is 1.96. The quantitative estimate of drug-likeness (QED) is 0.774. The molecule has 0 aliphatic heterocycles. The van der Waals surface area contributed by atoms with Crippen molar-refractivity contribution in [2.75, 3.05) is 6.61 Å². The first-order chi connectivity index (χ1) is 5.77. The first kappa shape index (κ1) is 9.26. The van der Waals surface area contributed by atoms with Gasteiger partial charge in [-0.05, 0) is 35.6 Å². The molecule has 0 fully saturated rings. The molecule has 0 radical (unpaired) electrons. The zero-order valence-electron chi connectivity index (χ0n) is 6.54. The van der Waals surface area contributed by atoms with Crippen LogP contribution in [0.4, 0.5) is 0 Å². The minimum atomic E-state index is 0.558. The first-order valence-electron chi connectivity index (χ1n) is 3.46. The third-order valence-corrected chi connectivity index (χ3v) is 1.99. The summed E-state index contributed by atoms with van der Waals surface area (Å²) < 4.78 is 6.08. The molecule has 1 aromatic heterocycles. The zero-order valence-corrected chi connectivity index (χ0v) is 8.70. The maximum Gasteiger partial charge on any atom is 0.227 e. The first-order valence-corrected chi connectivity index (χ1v) is 4.54. The molecule has 0 N–H and O–H groups in total. The number of hydrogen-bond donors (Lipinski definition) is 0. The molecule has 3 nitrogen and oxygen atoms in total. The summed E-state index contributed by atoms with van der Waals surface area (Å²) in [5.41, 5.74) is 0.558. The standard InChI is InChI=1S/C8H7IN2O/c1-2-12-8-7(9)3-6(4-10)5-11-8/h3,5H,2H2,1H3. The number of nitriles is 1. The highest BCUT2D eigenvalue weighted by atomic mass is 127. The molecule has 0 amide bonds. The van der Waals surface area contributed by atoms with Crippen molar-refractivity contribution in [2.45, 2.75) is 6.92 Å². The minimum absolute atomic E-state index is 0.558. The van der Waals surface area contributed by atoms with Crippen molar-refractivity contribution in [3.05, 3.63) is 21.4 Å². The fraction of sp³-hybridized carbons (Fsp3) is 0.250. The van der Waals surface area contributed by atoms with E-state index in [2.05, 4.69) is 27.6 Å². The number of ether oxygens (including phenoxy) is 1. The van der Waals surface area contributed by atoms with Gasteiger partial charge >= 0.3 is 0 Å². The molecule has 0 bridgehead atoms. The van der Waals surface area contributed by atoms with E-state index >= 15 is 0 Å². The molecule has 0 aliphatic carbocycles. The number of aromatic nitrogens is 1. The number of pyridine rings is 1. The average molecular weight is 274 g/mol. The molecule has 1 rings (SSSR count). The van der Waals surface area contributed by atoms with Crippen LogP contribution in [-0.4, -0.2) is 11.6 Å². The Morgan fingerprint density at radius 1 is 1.75 bits per heavy atom. The molecule has 12 heavy (non-hydrogen) atoms. The molecule has 0 aliphatic rings. The molecule has 0 spiro atoms. The Labute approximate surface area is 84.5 Å². The summed E-state index contributed by atoms with van der Waals surface area (Å²) >= 11 is 2.09. The van der Waals surface area contributed by atoms with E-state index in [1.54, 1.807) is 6.07 Å². The van der Waals surface area contributed by atoms with Crippen LogP contribution in [0.3, 0.4) is 0 Å². The molecule has 0 aromatic carbocycles. The van der Waals surface area contributed by atoms with Crippen LogP contribution in [0.5, 0.6) is 5.88 Å². The van der Waals surface area contributed by atoms with Crippen LogP contribution in [0.2, 0.25) is 0 Å². The zero-order chi connectivity index (χ0) is 8.97. The third kappa shape index (κ3) is 2.08. The second-order valence-electron chi connectivity index (χ2n) is 2.06. The molecular formula is C8H7IN2O. The van der Waals surface area contributed by atoms with Gasteiger partial charge in [0.15, 0.2) is 0 Å². The van der Waals surface area contributed by atoms with Gasteiger partial charge in [-0.25, -0.2) is 4.98 Å². The van der Waals surface area contributed by atoms with Gasteiger partial charge in [0, 0.05) is 6.20 Å². The van der Waals surface area contributed by atoms with Crippen LogP contribution in [0, 0.1) is 14.9 Å². The van der Waals surface area contributed by atoms with Gasteiger partial charge in [-0.1, -0.05) is 0 Å². The van der Waals surface area contributed by atoms with Crippen LogP contribution in [-0.2, 0) is 0 Å². The van der Waals surface area contributed by atoms with Gasteiger partial charge in [0.1, 0.15) is 6.07 Å². The van der Waals surface area contributed by atoms with Gasteiger partial charge in [0.05, 0.1) is 15.7 Å². The second kappa shape index (κ2) is 4.26. The Morgan fingerprint density at radius 3 is 3.00 bits per heavy atom. The molecule has 62 valence electrons. The van der Waals surface area contributed by atoms with Crippen LogP contribution in [0.25, 0.3) is 0 Å². The maximum atomic E-state index is 8.55. The van der Waals surface area contributed by atoms with E-state index in [0.717, 1.165) is 3.57 Å². The van der Waals surface area contributed by atoms with Crippen molar-refractivity contribution in [1.29, 1.82) is 5.26 Å². The van der Waals surface area contributed by atoms with Crippen LogP contribution in [0.1, 0.15) is 12.5 Å². The van der Waals surface area contributed by atoms with Gasteiger partial charge in [0.2, 0.25) is 5.88 Å². The lowest BCUT2D eigenvalue weighted by Gasteiger charge is -2.02. The number of nitrogens with zero attached hydrogens (tertiary/aromatic N) is 2. The highest BCUT2D eigenvalue weighted by Gasteiger charge is 2.02. The predicted molar refractivity (Wildman–Crippen MR) is 52.8 cm³/mol. The lowest BCUT2D eigenvalue weighted by atomic mass is 10.3. The molecular weight excluding hydrogens is 267 g/mol. The van der Waals surface area contributed by atoms with Gasteiger partial charge in [0.25, 0.3) is 0 Å². The minimum Gasteiger partial charge on any atom is -0.477 e. The van der Waals surface area contributed by atoms with Crippen molar-refractivity contribution in [2.24, 2.45) is 0 Å². The van der Waals surface area contributed by atoms with Crippen LogP contribution >= 0.6 is 22.6 Å². The summed E-state index contributed by atoms with van der Waals surface area (Å²) in [7, 11) is 0. The van der Waals surface area contributed by atoms with Gasteiger partial charge in [-0.2, -0.15) is 5.26 Å². The number of hydrogen-bond acceptors (Lipinski definition) is 3. The van der Waals surface area contributed by atoms with E-state index in [1.165, 1.54) is 6.20 Å². The largest absolute Gasteiger partial charge is 0.477 e. The highest BCUT2D eigenvalue weighted by molar-refractivity contribution is 14.1. The smallest absolute Gasteiger partial charge is 0.227 e. The number of rotatable bonds is 2. The fourth-order valence-corrected chi connectivity index (χ4v) is 1.36. The third-order valence-electron chi connectivity index (χ3n) is 1.22. The van der Waals surface area contributed by atoms with E-state index in [4.69, 9.17) is 10.00 Å². The van der Waals surface area contributed by atoms with Crippen molar-refractivity contribution >= 4 is 22.6 Å². The average Bonchev–Trinajstić information content (AvgIpc) is 2.09. The monoisotopic (exact) mass is 274 g/mol. The molecule has 0 saturated carbocycles. The van der Waals surface area contributed by atoms with E-state index in [1.807, 2.05) is 13.0 Å². The van der Waals surface area contributed by atoms with Gasteiger partial charge in [-0.15, -0.1) is 0 Å².